The molecule has 260 valence electrons. The topological polar surface area (TPSA) is 171 Å². The van der Waals surface area contributed by atoms with Gasteiger partial charge in [0, 0.05) is 12.3 Å². The lowest BCUT2D eigenvalue weighted by atomic mass is 9.98. The number of hydrogen-bond donors (Lipinski definition) is 3. The summed E-state index contributed by atoms with van der Waals surface area (Å²) < 4.78 is 12.0. The molecule has 3 heterocycles. The van der Waals surface area contributed by atoms with Crippen molar-refractivity contribution in [2.24, 2.45) is 11.8 Å². The second-order valence-electron chi connectivity index (χ2n) is 13.3. The Morgan fingerprint density at radius 1 is 1.08 bits per heavy atom. The van der Waals surface area contributed by atoms with E-state index in [-0.39, 0.29) is 31.4 Å². The Labute approximate surface area is 287 Å². The van der Waals surface area contributed by atoms with Crippen LogP contribution >= 0.6 is 11.3 Å². The van der Waals surface area contributed by atoms with Crippen molar-refractivity contribution < 1.29 is 39.0 Å². The van der Waals surface area contributed by atoms with Crippen LogP contribution in [0.1, 0.15) is 58.8 Å². The molecule has 1 aromatic carbocycles. The summed E-state index contributed by atoms with van der Waals surface area (Å²) in [5, 5.41) is 26.0. The summed E-state index contributed by atoms with van der Waals surface area (Å²) in [7, 11) is 0. The van der Waals surface area contributed by atoms with Crippen molar-refractivity contribution in [2.75, 3.05) is 6.54 Å². The number of aromatic nitrogens is 2. The number of rotatable bonds is 11. The number of carbonyl (C=O) groups is 4. The van der Waals surface area contributed by atoms with Crippen molar-refractivity contribution in [3.05, 3.63) is 54.4 Å². The first-order valence-corrected chi connectivity index (χ1v) is 17.5. The van der Waals surface area contributed by atoms with Crippen LogP contribution in [0.15, 0.2) is 54.4 Å². The molecule has 2 aliphatic carbocycles. The summed E-state index contributed by atoms with van der Waals surface area (Å²) in [4.78, 5) is 65.2. The highest BCUT2D eigenvalue weighted by atomic mass is 32.1. The quantitative estimate of drug-likeness (QED) is 0.141. The van der Waals surface area contributed by atoms with Crippen LogP contribution in [0.25, 0.3) is 21.6 Å². The van der Waals surface area contributed by atoms with E-state index in [2.05, 4.69) is 11.9 Å². The second kappa shape index (κ2) is 14.1. The summed E-state index contributed by atoms with van der Waals surface area (Å²) in [6.07, 6.45) is 3.70. The van der Waals surface area contributed by atoms with Gasteiger partial charge in [0.25, 0.3) is 0 Å². The Balaban J connectivity index is 1.29. The molecule has 0 radical (unpaired) electrons. The van der Waals surface area contributed by atoms with E-state index < -0.39 is 59.4 Å². The van der Waals surface area contributed by atoms with Crippen molar-refractivity contribution in [3.63, 3.8) is 0 Å². The molecular formula is C35H41N5O8S. The van der Waals surface area contributed by atoms with Gasteiger partial charge in [0.2, 0.25) is 17.7 Å². The highest BCUT2D eigenvalue weighted by molar-refractivity contribution is 7.13. The number of thiophene rings is 1. The summed E-state index contributed by atoms with van der Waals surface area (Å²) in [6.45, 7) is 6.94. The molecule has 1 aliphatic heterocycles. The van der Waals surface area contributed by atoms with Gasteiger partial charge in [0.15, 0.2) is 0 Å². The van der Waals surface area contributed by atoms with Crippen molar-refractivity contribution in [3.8, 4) is 16.5 Å². The lowest BCUT2D eigenvalue weighted by Crippen LogP contribution is -2.58. The van der Waals surface area contributed by atoms with Crippen LogP contribution in [0.2, 0.25) is 0 Å². The third-order valence-electron chi connectivity index (χ3n) is 9.60. The van der Waals surface area contributed by atoms with E-state index in [9.17, 15) is 29.5 Å². The molecule has 6 rings (SSSR count). The van der Waals surface area contributed by atoms with Gasteiger partial charge in [-0.15, -0.1) is 17.9 Å². The summed E-state index contributed by atoms with van der Waals surface area (Å²) in [6, 6.07) is 8.56. The predicted molar refractivity (Wildman–Crippen MR) is 180 cm³/mol. The van der Waals surface area contributed by atoms with E-state index in [4.69, 9.17) is 19.4 Å². The number of ether oxygens (including phenoxy) is 2. The molecule has 49 heavy (non-hydrogen) atoms. The standard InChI is InChI=1S/C35H41N5O8S/c1-4-21-18-35(21,33(43)44)38-30(41)26-17-23(47-31-28(27-15-10-16-49-27)36-24-13-8-9-14-25(24)37-31)19-39(26)32(42)29(20(2)3)40(46)34(45)48-22-11-6-5-7-12-22/h4,8-10,13-16,20-23,26,29,46H,1,5-7,11-12,17-19H2,2-3H3,(H,38,41)(H,43,44)/t21-,23-,26+,29?,35?/m1/s1. The molecule has 3 N–H and O–H groups in total. The number of hydroxylamine groups is 2. The predicted octanol–water partition coefficient (Wildman–Crippen LogP) is 5.04. The molecule has 0 spiro atoms. The maximum absolute atomic E-state index is 14.3. The molecule has 3 fully saturated rings. The molecule has 3 aromatic rings. The number of hydrogen-bond acceptors (Lipinski definition) is 10. The van der Waals surface area contributed by atoms with Gasteiger partial charge in [0.1, 0.15) is 35.5 Å². The monoisotopic (exact) mass is 691 g/mol. The highest BCUT2D eigenvalue weighted by Gasteiger charge is 2.61. The van der Waals surface area contributed by atoms with Gasteiger partial charge in [0.05, 0.1) is 22.5 Å². The normalized spacial score (nSPS) is 24.3. The maximum Gasteiger partial charge on any atom is 0.434 e. The number of carboxylic acid groups (broad SMARTS) is 1. The Hall–Kier alpha value is -4.56. The van der Waals surface area contributed by atoms with Crippen molar-refractivity contribution >= 4 is 46.2 Å². The molecule has 3 amide bonds. The van der Waals surface area contributed by atoms with E-state index in [1.807, 2.05) is 35.7 Å². The van der Waals surface area contributed by atoms with Gasteiger partial charge in [-0.2, -0.15) is 5.06 Å². The first-order chi connectivity index (χ1) is 23.5. The minimum Gasteiger partial charge on any atom is -0.479 e. The fraction of sp³-hybridized carbons (Fsp3) is 0.486. The number of amides is 3. The van der Waals surface area contributed by atoms with Crippen LogP contribution in [0.5, 0.6) is 5.88 Å². The number of carboxylic acids is 1. The average molecular weight is 692 g/mol. The molecule has 2 aromatic heterocycles. The summed E-state index contributed by atoms with van der Waals surface area (Å²) >= 11 is 1.46. The van der Waals surface area contributed by atoms with E-state index in [0.717, 1.165) is 24.1 Å². The zero-order chi connectivity index (χ0) is 34.9. The molecule has 0 bridgehead atoms. The Morgan fingerprint density at radius 2 is 1.80 bits per heavy atom. The zero-order valence-electron chi connectivity index (χ0n) is 27.5. The Bertz CT molecular complexity index is 1730. The first kappa shape index (κ1) is 34.3. The van der Waals surface area contributed by atoms with E-state index in [0.29, 0.717) is 34.6 Å². The van der Waals surface area contributed by atoms with Gasteiger partial charge in [-0.25, -0.2) is 19.6 Å². The lowest BCUT2D eigenvalue weighted by Gasteiger charge is -2.34. The molecular weight excluding hydrogens is 650 g/mol. The van der Waals surface area contributed by atoms with Gasteiger partial charge >= 0.3 is 12.1 Å². The maximum atomic E-state index is 14.3. The third-order valence-corrected chi connectivity index (χ3v) is 10.5. The fourth-order valence-electron chi connectivity index (χ4n) is 6.83. The minimum atomic E-state index is -1.53. The first-order valence-electron chi connectivity index (χ1n) is 16.7. The van der Waals surface area contributed by atoms with Crippen LogP contribution in [0, 0.1) is 11.8 Å². The number of nitrogens with one attached hydrogen (secondary N) is 1. The fourth-order valence-corrected chi connectivity index (χ4v) is 7.53. The molecule has 2 unspecified atom stereocenters. The van der Waals surface area contributed by atoms with Crippen molar-refractivity contribution in [1.82, 2.24) is 25.2 Å². The Morgan fingerprint density at radius 3 is 2.41 bits per heavy atom. The van der Waals surface area contributed by atoms with Crippen LogP contribution in [-0.2, 0) is 19.1 Å². The molecule has 5 atom stereocenters. The van der Waals surface area contributed by atoms with Crippen LogP contribution in [0.4, 0.5) is 4.79 Å². The molecule has 14 heteroatoms. The van der Waals surface area contributed by atoms with E-state index >= 15 is 0 Å². The van der Waals surface area contributed by atoms with E-state index in [1.54, 1.807) is 19.9 Å². The van der Waals surface area contributed by atoms with Gasteiger partial charge in [-0.3, -0.25) is 14.8 Å². The SMILES string of the molecule is C=C[C@@H]1CC1(NC(=O)[C@@H]1C[C@@H](Oc2nc3ccccc3nc2-c2cccs2)CN1C(=O)C(C(C)C)N(O)C(=O)OC1CCCCC1)C(=O)O. The largest absolute Gasteiger partial charge is 0.479 e. The molecule has 1 saturated heterocycles. The highest BCUT2D eigenvalue weighted by Crippen LogP contribution is 2.45. The zero-order valence-corrected chi connectivity index (χ0v) is 28.3. The van der Waals surface area contributed by atoms with Crippen LogP contribution < -0.4 is 10.1 Å². The number of para-hydroxylation sites is 2. The summed E-state index contributed by atoms with van der Waals surface area (Å²) in [5.41, 5.74) is 0.232. The van der Waals surface area contributed by atoms with E-state index in [1.165, 1.54) is 22.3 Å². The third kappa shape index (κ3) is 6.97. The minimum absolute atomic E-state index is 0.00677. The van der Waals surface area contributed by atoms with Crippen LogP contribution in [0.3, 0.4) is 0 Å². The molecule has 13 nitrogen and oxygen atoms in total. The molecule has 3 aliphatic rings. The number of carbonyl (C=O) groups excluding carboxylic acids is 3. The lowest BCUT2D eigenvalue weighted by molar-refractivity contribution is -0.164. The van der Waals surface area contributed by atoms with Crippen molar-refractivity contribution in [1.29, 1.82) is 0 Å². The van der Waals surface area contributed by atoms with Crippen molar-refractivity contribution in [2.45, 2.75) is 88.6 Å². The number of likely N-dealkylation sites (tertiary alicyclic amines) is 1. The molecule has 2 saturated carbocycles. The smallest absolute Gasteiger partial charge is 0.434 e. The van der Waals surface area contributed by atoms with Gasteiger partial charge < -0.3 is 24.8 Å². The number of benzene rings is 1. The van der Waals surface area contributed by atoms with Gasteiger partial charge in [-0.05, 0) is 61.6 Å². The van der Waals surface area contributed by atoms with Gasteiger partial charge in [-0.1, -0.05) is 44.5 Å². The number of aliphatic carboxylic acids is 1. The average Bonchev–Trinajstić information content (AvgIpc) is 3.38. The second-order valence-corrected chi connectivity index (χ2v) is 14.3. The van der Waals surface area contributed by atoms with Crippen LogP contribution in [-0.4, -0.2) is 90.5 Å². The summed E-state index contributed by atoms with van der Waals surface area (Å²) in [5.74, 6) is -3.42. The number of nitrogens with zero attached hydrogens (tertiary/aromatic N) is 4. The Kier molecular flexibility index (Phi) is 9.89. The number of fused-ring (bicyclic) bond motifs is 1.